The highest BCUT2D eigenvalue weighted by atomic mass is 32.2. The van der Waals surface area contributed by atoms with Crippen LogP contribution in [0.3, 0.4) is 0 Å². The van der Waals surface area contributed by atoms with Crippen molar-refractivity contribution in [2.45, 2.75) is 0 Å². The summed E-state index contributed by atoms with van der Waals surface area (Å²) in [6, 6.07) is 1.55. The van der Waals surface area contributed by atoms with E-state index in [0.717, 1.165) is 6.26 Å². The summed E-state index contributed by atoms with van der Waals surface area (Å²) in [7, 11) is -3.18. The number of nitrogens with zero attached hydrogens (tertiary/aromatic N) is 2. The highest BCUT2D eigenvalue weighted by Crippen LogP contribution is 2.10. The molecule has 0 aromatic carbocycles. The molecule has 1 rings (SSSR count). The number of anilines is 3. The lowest BCUT2D eigenvalue weighted by atomic mass is 10.5. The maximum absolute atomic E-state index is 10.8. The number of rotatable bonds is 6. The van der Waals surface area contributed by atoms with Gasteiger partial charge < -0.3 is 16.5 Å². The van der Waals surface area contributed by atoms with Crippen molar-refractivity contribution in [1.82, 2.24) is 14.7 Å². The highest BCUT2D eigenvalue weighted by Gasteiger charge is 2.02. The van der Waals surface area contributed by atoms with Gasteiger partial charge in [0.2, 0.25) is 16.0 Å². The van der Waals surface area contributed by atoms with Gasteiger partial charge in [-0.3, -0.25) is 0 Å². The molecule has 0 bridgehead atoms. The molecule has 0 aliphatic heterocycles. The average molecular weight is 261 g/mol. The molecule has 0 amide bonds. The van der Waals surface area contributed by atoms with Crippen molar-refractivity contribution >= 4 is 27.6 Å². The summed E-state index contributed by atoms with van der Waals surface area (Å²) in [5.41, 5.74) is 7.78. The van der Waals surface area contributed by atoms with Crippen LogP contribution in [0.5, 0.6) is 0 Å². The predicted octanol–water partition coefficient (Wildman–Crippen LogP) is -1.69. The Hall–Kier alpha value is -1.65. The average Bonchev–Trinajstić information content (AvgIpc) is 2.22. The van der Waals surface area contributed by atoms with Crippen molar-refractivity contribution in [2.24, 2.45) is 5.84 Å². The molecule has 0 saturated carbocycles. The standard InChI is InChI=1S/C7H15N7O2S/c1-17(15,16)11-3-2-10-5-4-6(14-9)13-7(8)12-5/h4,11H,2-3,9H2,1H3,(H4,8,10,12,13,14). The van der Waals surface area contributed by atoms with Crippen LogP contribution in [-0.2, 0) is 10.0 Å². The number of hydrogen-bond donors (Lipinski definition) is 5. The maximum atomic E-state index is 10.8. The number of nitrogen functional groups attached to an aromatic ring is 2. The van der Waals surface area contributed by atoms with Crippen molar-refractivity contribution in [3.63, 3.8) is 0 Å². The summed E-state index contributed by atoms with van der Waals surface area (Å²) in [5.74, 6) is 6.08. The van der Waals surface area contributed by atoms with Crippen molar-refractivity contribution in [3.8, 4) is 0 Å². The predicted molar refractivity (Wildman–Crippen MR) is 65.6 cm³/mol. The molecule has 0 radical (unpaired) electrons. The minimum Gasteiger partial charge on any atom is -0.369 e. The smallest absolute Gasteiger partial charge is 0.223 e. The van der Waals surface area contributed by atoms with E-state index in [9.17, 15) is 8.42 Å². The monoisotopic (exact) mass is 261 g/mol. The van der Waals surface area contributed by atoms with Gasteiger partial charge in [-0.25, -0.2) is 19.0 Å². The fraction of sp³-hybridized carbons (Fsp3) is 0.429. The van der Waals surface area contributed by atoms with Crippen LogP contribution in [0, 0.1) is 0 Å². The first-order chi connectivity index (χ1) is 7.90. The summed E-state index contributed by atoms with van der Waals surface area (Å²) in [4.78, 5) is 7.70. The van der Waals surface area contributed by atoms with Gasteiger partial charge in [-0.1, -0.05) is 0 Å². The zero-order valence-electron chi connectivity index (χ0n) is 9.27. The molecule has 0 fully saturated rings. The van der Waals surface area contributed by atoms with E-state index in [1.54, 1.807) is 6.07 Å². The minimum atomic E-state index is -3.18. The molecule has 9 nitrogen and oxygen atoms in total. The third kappa shape index (κ3) is 5.29. The van der Waals surface area contributed by atoms with E-state index in [4.69, 9.17) is 11.6 Å². The summed E-state index contributed by atoms with van der Waals surface area (Å²) >= 11 is 0. The number of aromatic nitrogens is 2. The van der Waals surface area contributed by atoms with Crippen LogP contribution < -0.4 is 27.0 Å². The van der Waals surface area contributed by atoms with E-state index in [1.807, 2.05) is 0 Å². The molecule has 0 saturated heterocycles. The zero-order chi connectivity index (χ0) is 12.9. The number of nitrogens with two attached hydrogens (primary N) is 2. The number of sulfonamides is 1. The fourth-order valence-corrected chi connectivity index (χ4v) is 1.53. The third-order valence-electron chi connectivity index (χ3n) is 1.69. The Bertz CT molecular complexity index is 475. The second kappa shape index (κ2) is 5.61. The van der Waals surface area contributed by atoms with Gasteiger partial charge in [0.25, 0.3) is 0 Å². The van der Waals surface area contributed by atoms with Gasteiger partial charge in [0.1, 0.15) is 11.6 Å². The van der Waals surface area contributed by atoms with E-state index in [2.05, 4.69) is 25.4 Å². The molecule has 17 heavy (non-hydrogen) atoms. The molecule has 96 valence electrons. The molecule has 1 aromatic rings. The molecule has 10 heteroatoms. The Labute approximate surface area is 99.0 Å². The minimum absolute atomic E-state index is 0.0685. The largest absolute Gasteiger partial charge is 0.369 e. The Morgan fingerprint density at radius 2 is 1.94 bits per heavy atom. The van der Waals surface area contributed by atoms with E-state index < -0.39 is 10.0 Å². The molecule has 0 atom stereocenters. The van der Waals surface area contributed by atoms with Crippen LogP contribution in [0.2, 0.25) is 0 Å². The number of nitrogens with one attached hydrogen (secondary N) is 3. The Balaban J connectivity index is 2.49. The number of hydrazine groups is 1. The van der Waals surface area contributed by atoms with E-state index in [1.165, 1.54) is 0 Å². The van der Waals surface area contributed by atoms with Crippen molar-refractivity contribution < 1.29 is 8.42 Å². The van der Waals surface area contributed by atoms with Crippen LogP contribution >= 0.6 is 0 Å². The van der Waals surface area contributed by atoms with E-state index in [-0.39, 0.29) is 12.5 Å². The number of hydrogen-bond acceptors (Lipinski definition) is 8. The lowest BCUT2D eigenvalue weighted by Crippen LogP contribution is -2.27. The van der Waals surface area contributed by atoms with Crippen LogP contribution in [0.4, 0.5) is 17.6 Å². The quantitative estimate of drug-likeness (QED) is 0.231. The van der Waals surface area contributed by atoms with Crippen LogP contribution in [0.25, 0.3) is 0 Å². The van der Waals surface area contributed by atoms with E-state index >= 15 is 0 Å². The van der Waals surface area contributed by atoms with Gasteiger partial charge in [0.05, 0.1) is 6.26 Å². The molecular weight excluding hydrogens is 246 g/mol. The third-order valence-corrected chi connectivity index (χ3v) is 2.42. The SMILES string of the molecule is CS(=O)(=O)NCCNc1cc(NN)nc(N)n1. The van der Waals surface area contributed by atoms with Gasteiger partial charge in [0.15, 0.2) is 0 Å². The molecular formula is C7H15N7O2S. The van der Waals surface area contributed by atoms with Crippen LogP contribution in [-0.4, -0.2) is 37.7 Å². The topological polar surface area (TPSA) is 148 Å². The summed E-state index contributed by atoms with van der Waals surface area (Å²) in [6.45, 7) is 0.613. The van der Waals surface area contributed by atoms with Crippen molar-refractivity contribution in [1.29, 1.82) is 0 Å². The van der Waals surface area contributed by atoms with Crippen LogP contribution in [0.1, 0.15) is 0 Å². The first-order valence-electron chi connectivity index (χ1n) is 4.70. The normalized spacial score (nSPS) is 11.2. The first kappa shape index (κ1) is 13.4. The second-order valence-electron chi connectivity index (χ2n) is 3.23. The Morgan fingerprint density at radius 3 is 2.53 bits per heavy atom. The van der Waals surface area contributed by atoms with Crippen molar-refractivity contribution in [3.05, 3.63) is 6.07 Å². The Kier molecular flexibility index (Phi) is 4.43. The molecule has 0 spiro atoms. The summed E-state index contributed by atoms with van der Waals surface area (Å²) < 4.78 is 23.9. The summed E-state index contributed by atoms with van der Waals surface area (Å²) in [6.07, 6.45) is 1.09. The van der Waals surface area contributed by atoms with Crippen molar-refractivity contribution in [2.75, 3.05) is 35.8 Å². The molecule has 1 aromatic heterocycles. The summed E-state index contributed by atoms with van der Waals surface area (Å²) in [5, 5.41) is 2.88. The highest BCUT2D eigenvalue weighted by molar-refractivity contribution is 7.88. The lowest BCUT2D eigenvalue weighted by molar-refractivity contribution is 0.589. The zero-order valence-corrected chi connectivity index (χ0v) is 10.1. The van der Waals surface area contributed by atoms with Gasteiger partial charge in [0, 0.05) is 19.2 Å². The van der Waals surface area contributed by atoms with Gasteiger partial charge in [-0.05, 0) is 0 Å². The molecule has 0 aliphatic rings. The van der Waals surface area contributed by atoms with Gasteiger partial charge >= 0.3 is 0 Å². The molecule has 0 aliphatic carbocycles. The van der Waals surface area contributed by atoms with Gasteiger partial charge in [-0.15, -0.1) is 0 Å². The maximum Gasteiger partial charge on any atom is 0.223 e. The lowest BCUT2D eigenvalue weighted by Gasteiger charge is -2.08. The van der Waals surface area contributed by atoms with Crippen LogP contribution in [0.15, 0.2) is 6.07 Å². The van der Waals surface area contributed by atoms with Gasteiger partial charge in [-0.2, -0.15) is 9.97 Å². The molecule has 7 N–H and O–H groups in total. The Morgan fingerprint density at radius 1 is 1.29 bits per heavy atom. The molecule has 1 heterocycles. The molecule has 0 unspecified atom stereocenters. The van der Waals surface area contributed by atoms with E-state index in [0.29, 0.717) is 18.2 Å². The fourth-order valence-electron chi connectivity index (χ4n) is 1.06. The second-order valence-corrected chi connectivity index (χ2v) is 5.07. The first-order valence-corrected chi connectivity index (χ1v) is 6.59.